The molecule has 0 aliphatic carbocycles. The molecule has 0 saturated carbocycles. The number of nitrogens with zero attached hydrogens (tertiary/aromatic N) is 1. The number of ether oxygens (including phenoxy) is 1. The first-order valence-corrected chi connectivity index (χ1v) is 11.6. The van der Waals surface area contributed by atoms with E-state index in [1.54, 1.807) is 0 Å². The highest BCUT2D eigenvalue weighted by atomic mass is 35.5. The van der Waals surface area contributed by atoms with Crippen LogP contribution in [-0.4, -0.2) is 31.1 Å². The van der Waals surface area contributed by atoms with Crippen LogP contribution in [-0.2, 0) is 0 Å². The second-order valence-corrected chi connectivity index (χ2v) is 7.91. The Kier molecular flexibility index (Phi) is 11.4. The summed E-state index contributed by atoms with van der Waals surface area (Å²) in [5.74, 6) is 0.898. The van der Waals surface area contributed by atoms with Gasteiger partial charge in [-0.3, -0.25) is 0 Å². The van der Waals surface area contributed by atoms with E-state index in [0.717, 1.165) is 72.1 Å². The van der Waals surface area contributed by atoms with Crippen molar-refractivity contribution >= 4 is 34.6 Å². The molecule has 3 aromatic rings. The maximum atomic E-state index is 6.89. The molecular weight excluding hydrogens is 437 g/mol. The SMILES string of the molecule is CCN(CC)CCCCOc1ccc(C(=C(Cl)c2ccccc2)c2ccccc2)cc1.Cl. The van der Waals surface area contributed by atoms with E-state index in [2.05, 4.69) is 43.0 Å². The summed E-state index contributed by atoms with van der Waals surface area (Å²) in [5.41, 5.74) is 4.21. The van der Waals surface area contributed by atoms with Gasteiger partial charge in [0, 0.05) is 5.57 Å². The van der Waals surface area contributed by atoms with Crippen molar-refractivity contribution in [2.45, 2.75) is 26.7 Å². The van der Waals surface area contributed by atoms with E-state index in [1.807, 2.05) is 60.7 Å². The van der Waals surface area contributed by atoms with Crippen molar-refractivity contribution in [1.82, 2.24) is 4.90 Å². The third-order valence-corrected chi connectivity index (χ3v) is 5.89. The van der Waals surface area contributed by atoms with Crippen LogP contribution in [0.1, 0.15) is 43.4 Å². The zero-order valence-corrected chi connectivity index (χ0v) is 20.5. The molecule has 0 bridgehead atoms. The summed E-state index contributed by atoms with van der Waals surface area (Å²) in [5, 5.41) is 0.747. The van der Waals surface area contributed by atoms with Crippen LogP contribution in [0.15, 0.2) is 84.9 Å². The normalized spacial score (nSPS) is 11.6. The molecule has 0 saturated heterocycles. The molecule has 3 aromatic carbocycles. The van der Waals surface area contributed by atoms with Gasteiger partial charge in [-0.05, 0) is 61.3 Å². The largest absolute Gasteiger partial charge is 0.494 e. The quantitative estimate of drug-likeness (QED) is 0.210. The van der Waals surface area contributed by atoms with Crippen molar-refractivity contribution in [2.24, 2.45) is 0 Å². The van der Waals surface area contributed by atoms with E-state index in [-0.39, 0.29) is 12.4 Å². The van der Waals surface area contributed by atoms with E-state index in [9.17, 15) is 0 Å². The van der Waals surface area contributed by atoms with Crippen LogP contribution < -0.4 is 4.74 Å². The summed E-state index contributed by atoms with van der Waals surface area (Å²) in [7, 11) is 0. The summed E-state index contributed by atoms with van der Waals surface area (Å²) < 4.78 is 5.97. The summed E-state index contributed by atoms with van der Waals surface area (Å²) >= 11 is 6.89. The van der Waals surface area contributed by atoms with Crippen molar-refractivity contribution in [3.05, 3.63) is 102 Å². The molecule has 4 heteroatoms. The van der Waals surface area contributed by atoms with Crippen LogP contribution in [0, 0.1) is 0 Å². The molecule has 170 valence electrons. The molecule has 32 heavy (non-hydrogen) atoms. The van der Waals surface area contributed by atoms with Crippen molar-refractivity contribution < 1.29 is 4.74 Å². The van der Waals surface area contributed by atoms with Crippen LogP contribution in [0.3, 0.4) is 0 Å². The molecule has 0 spiro atoms. The highest BCUT2D eigenvalue weighted by Gasteiger charge is 2.12. The molecule has 0 aliphatic heterocycles. The van der Waals surface area contributed by atoms with Gasteiger partial charge in [0.05, 0.1) is 11.6 Å². The highest BCUT2D eigenvalue weighted by Crippen LogP contribution is 2.35. The first-order valence-electron chi connectivity index (χ1n) is 11.2. The minimum absolute atomic E-state index is 0. The predicted octanol–water partition coefficient (Wildman–Crippen LogP) is 7.76. The van der Waals surface area contributed by atoms with Gasteiger partial charge in [-0.2, -0.15) is 0 Å². The Morgan fingerprint density at radius 1 is 0.719 bits per heavy atom. The van der Waals surface area contributed by atoms with E-state index in [0.29, 0.717) is 0 Å². The zero-order chi connectivity index (χ0) is 21.9. The molecule has 3 rings (SSSR count). The third kappa shape index (κ3) is 7.41. The summed E-state index contributed by atoms with van der Waals surface area (Å²) in [6.45, 7) is 8.53. The Hall–Kier alpha value is -2.26. The molecule has 0 aromatic heterocycles. The molecule has 0 atom stereocenters. The standard InChI is InChI=1S/C28H32ClNO.ClH/c1-3-30(4-2)21-11-12-22-31-26-19-17-24(18-20-26)27(23-13-7-5-8-14-23)28(29)25-15-9-6-10-16-25;/h5-10,13-20H,3-4,11-12,21-22H2,1-2H3;1H. The van der Waals surface area contributed by atoms with E-state index in [1.165, 1.54) is 0 Å². The monoisotopic (exact) mass is 469 g/mol. The molecule has 0 radical (unpaired) electrons. The van der Waals surface area contributed by atoms with Crippen LogP contribution in [0.5, 0.6) is 5.75 Å². The lowest BCUT2D eigenvalue weighted by molar-refractivity contribution is 0.266. The average Bonchev–Trinajstić information content (AvgIpc) is 2.83. The number of benzene rings is 3. The Bertz CT molecular complexity index is 936. The van der Waals surface area contributed by atoms with Gasteiger partial charge in [-0.25, -0.2) is 0 Å². The number of hydrogen-bond acceptors (Lipinski definition) is 2. The lowest BCUT2D eigenvalue weighted by Gasteiger charge is -2.17. The number of unbranched alkanes of at least 4 members (excludes halogenated alkanes) is 1. The van der Waals surface area contributed by atoms with Crippen molar-refractivity contribution in [3.63, 3.8) is 0 Å². The number of rotatable bonds is 11. The molecule has 0 amide bonds. The Morgan fingerprint density at radius 3 is 1.81 bits per heavy atom. The van der Waals surface area contributed by atoms with Crippen molar-refractivity contribution in [2.75, 3.05) is 26.2 Å². The van der Waals surface area contributed by atoms with Crippen LogP contribution in [0.25, 0.3) is 10.6 Å². The first-order chi connectivity index (χ1) is 15.2. The lowest BCUT2D eigenvalue weighted by Crippen LogP contribution is -2.24. The Morgan fingerprint density at radius 2 is 1.25 bits per heavy atom. The maximum absolute atomic E-state index is 6.89. The maximum Gasteiger partial charge on any atom is 0.119 e. The minimum Gasteiger partial charge on any atom is -0.494 e. The van der Waals surface area contributed by atoms with E-state index >= 15 is 0 Å². The third-order valence-electron chi connectivity index (χ3n) is 5.48. The first kappa shape index (κ1) is 26.0. The predicted molar refractivity (Wildman–Crippen MR) is 141 cm³/mol. The summed E-state index contributed by atoms with van der Waals surface area (Å²) in [6.07, 6.45) is 2.22. The van der Waals surface area contributed by atoms with Crippen LogP contribution in [0.4, 0.5) is 0 Å². The fourth-order valence-corrected chi connectivity index (χ4v) is 3.98. The fraction of sp³-hybridized carbons (Fsp3) is 0.286. The van der Waals surface area contributed by atoms with Crippen LogP contribution in [0.2, 0.25) is 0 Å². The molecule has 0 heterocycles. The second-order valence-electron chi connectivity index (χ2n) is 7.53. The molecule has 2 nitrogen and oxygen atoms in total. The van der Waals surface area contributed by atoms with Crippen molar-refractivity contribution in [1.29, 1.82) is 0 Å². The van der Waals surface area contributed by atoms with Gasteiger partial charge in [0.15, 0.2) is 0 Å². The van der Waals surface area contributed by atoms with Gasteiger partial charge in [-0.1, -0.05) is 98.2 Å². The smallest absolute Gasteiger partial charge is 0.119 e. The highest BCUT2D eigenvalue weighted by molar-refractivity contribution is 6.53. The molecule has 0 aliphatic rings. The average molecular weight is 470 g/mol. The van der Waals surface area contributed by atoms with Gasteiger partial charge in [0.25, 0.3) is 0 Å². The fourth-order valence-electron chi connectivity index (χ4n) is 3.64. The van der Waals surface area contributed by atoms with Gasteiger partial charge in [0.2, 0.25) is 0 Å². The number of hydrogen-bond donors (Lipinski definition) is 0. The topological polar surface area (TPSA) is 12.5 Å². The van der Waals surface area contributed by atoms with E-state index < -0.39 is 0 Å². The van der Waals surface area contributed by atoms with Crippen molar-refractivity contribution in [3.8, 4) is 5.75 Å². The molecule has 0 N–H and O–H groups in total. The number of halogens is 2. The molecule has 0 unspecified atom stereocenters. The van der Waals surface area contributed by atoms with Gasteiger partial charge < -0.3 is 9.64 Å². The zero-order valence-electron chi connectivity index (χ0n) is 19.0. The minimum atomic E-state index is 0. The Labute approximate surface area is 204 Å². The van der Waals surface area contributed by atoms with Gasteiger partial charge in [0.1, 0.15) is 5.75 Å². The summed E-state index contributed by atoms with van der Waals surface area (Å²) in [4.78, 5) is 2.45. The van der Waals surface area contributed by atoms with Gasteiger partial charge in [-0.15, -0.1) is 12.4 Å². The van der Waals surface area contributed by atoms with Crippen LogP contribution >= 0.6 is 24.0 Å². The van der Waals surface area contributed by atoms with Gasteiger partial charge >= 0.3 is 0 Å². The summed E-state index contributed by atoms with van der Waals surface area (Å²) in [6, 6.07) is 28.7. The molecule has 0 fully saturated rings. The Balaban J connectivity index is 0.00000363. The second kappa shape index (κ2) is 14.0. The van der Waals surface area contributed by atoms with E-state index in [4.69, 9.17) is 16.3 Å². The molecular formula is C28H33Cl2NO. The lowest BCUT2D eigenvalue weighted by atomic mass is 9.95.